The van der Waals surface area contributed by atoms with Gasteiger partial charge in [0.1, 0.15) is 16.5 Å². The summed E-state index contributed by atoms with van der Waals surface area (Å²) in [5.41, 5.74) is 4.05. The number of anilines is 2. The van der Waals surface area contributed by atoms with E-state index < -0.39 is 0 Å². The SMILES string of the molecule is COc1c(-c2ncc(Cc3ccc(F)cc3)s2)ccc2c1NC(C)N2. The first-order valence-electron chi connectivity index (χ1n) is 8.07. The van der Waals surface area contributed by atoms with Gasteiger partial charge in [-0.1, -0.05) is 12.1 Å². The number of hydrogen-bond donors (Lipinski definition) is 2. The van der Waals surface area contributed by atoms with Crippen LogP contribution in [0.15, 0.2) is 42.6 Å². The van der Waals surface area contributed by atoms with Gasteiger partial charge in [0, 0.05) is 17.5 Å². The van der Waals surface area contributed by atoms with E-state index in [4.69, 9.17) is 4.74 Å². The molecule has 128 valence electrons. The molecule has 0 saturated carbocycles. The van der Waals surface area contributed by atoms with Crippen LogP contribution in [0, 0.1) is 5.82 Å². The Morgan fingerprint density at radius 3 is 2.72 bits per heavy atom. The average molecular weight is 355 g/mol. The van der Waals surface area contributed by atoms with Crippen molar-refractivity contribution in [2.24, 2.45) is 0 Å². The molecule has 2 heterocycles. The summed E-state index contributed by atoms with van der Waals surface area (Å²) in [6.07, 6.45) is 2.79. The van der Waals surface area contributed by atoms with Crippen LogP contribution in [0.1, 0.15) is 17.4 Å². The van der Waals surface area contributed by atoms with Crippen molar-refractivity contribution in [3.05, 3.63) is 58.9 Å². The van der Waals surface area contributed by atoms with E-state index in [0.29, 0.717) is 0 Å². The number of aromatic nitrogens is 1. The lowest BCUT2D eigenvalue weighted by molar-refractivity contribution is 0.418. The monoisotopic (exact) mass is 355 g/mol. The molecule has 4 nitrogen and oxygen atoms in total. The number of thiazole rings is 1. The molecule has 6 heteroatoms. The standard InChI is InChI=1S/C19H18FN3OS/c1-11-22-16-8-7-15(18(24-2)17(16)23-11)19-21-10-14(25-19)9-12-3-5-13(20)6-4-12/h3-8,10-11,22-23H,9H2,1-2H3. The first-order chi connectivity index (χ1) is 12.1. The molecule has 0 spiro atoms. The molecule has 1 unspecified atom stereocenters. The van der Waals surface area contributed by atoms with Crippen molar-refractivity contribution in [2.45, 2.75) is 19.5 Å². The number of ether oxygens (including phenoxy) is 1. The van der Waals surface area contributed by atoms with Crippen LogP contribution in [0.4, 0.5) is 15.8 Å². The molecule has 0 fully saturated rings. The van der Waals surface area contributed by atoms with Gasteiger partial charge in [-0.25, -0.2) is 9.37 Å². The third-order valence-electron chi connectivity index (χ3n) is 4.17. The van der Waals surface area contributed by atoms with Gasteiger partial charge in [-0.05, 0) is 36.8 Å². The summed E-state index contributed by atoms with van der Waals surface area (Å²) >= 11 is 1.63. The highest BCUT2D eigenvalue weighted by Crippen LogP contribution is 2.45. The van der Waals surface area contributed by atoms with E-state index in [1.54, 1.807) is 18.4 Å². The van der Waals surface area contributed by atoms with Gasteiger partial charge in [-0.15, -0.1) is 11.3 Å². The second-order valence-corrected chi connectivity index (χ2v) is 7.13. The molecular weight excluding hydrogens is 337 g/mol. The molecule has 0 bridgehead atoms. The maximum absolute atomic E-state index is 13.0. The molecule has 0 amide bonds. The molecule has 2 N–H and O–H groups in total. The molecule has 0 aliphatic carbocycles. The second kappa shape index (κ2) is 6.37. The first kappa shape index (κ1) is 15.9. The van der Waals surface area contributed by atoms with Gasteiger partial charge in [0.05, 0.1) is 24.5 Å². The number of methoxy groups -OCH3 is 1. The highest BCUT2D eigenvalue weighted by molar-refractivity contribution is 7.15. The van der Waals surface area contributed by atoms with Crippen LogP contribution in [0.25, 0.3) is 10.6 Å². The summed E-state index contributed by atoms with van der Waals surface area (Å²) in [7, 11) is 1.68. The van der Waals surface area contributed by atoms with Gasteiger partial charge < -0.3 is 15.4 Å². The summed E-state index contributed by atoms with van der Waals surface area (Å²) in [6, 6.07) is 10.7. The number of nitrogens with one attached hydrogen (secondary N) is 2. The molecule has 2 aromatic carbocycles. The lowest BCUT2D eigenvalue weighted by Gasteiger charge is -2.11. The minimum absolute atomic E-state index is 0.171. The maximum Gasteiger partial charge on any atom is 0.154 e. The fraction of sp³-hybridized carbons (Fsp3) is 0.211. The molecule has 0 saturated heterocycles. The van der Waals surface area contributed by atoms with Crippen molar-refractivity contribution >= 4 is 22.7 Å². The normalized spacial score (nSPS) is 15.4. The van der Waals surface area contributed by atoms with Crippen molar-refractivity contribution in [3.63, 3.8) is 0 Å². The topological polar surface area (TPSA) is 46.2 Å². The van der Waals surface area contributed by atoms with Gasteiger partial charge >= 0.3 is 0 Å². The third-order valence-corrected chi connectivity index (χ3v) is 5.20. The first-order valence-corrected chi connectivity index (χ1v) is 8.89. The predicted molar refractivity (Wildman–Crippen MR) is 100 cm³/mol. The number of hydrogen-bond acceptors (Lipinski definition) is 5. The zero-order valence-corrected chi connectivity index (χ0v) is 14.8. The predicted octanol–water partition coefficient (Wildman–Crippen LogP) is 4.73. The summed E-state index contributed by atoms with van der Waals surface area (Å²) in [5.74, 6) is 0.587. The van der Waals surface area contributed by atoms with Gasteiger partial charge in [0.2, 0.25) is 0 Å². The Morgan fingerprint density at radius 2 is 1.96 bits per heavy atom. The minimum Gasteiger partial charge on any atom is -0.494 e. The van der Waals surface area contributed by atoms with Gasteiger partial charge in [-0.3, -0.25) is 0 Å². The molecule has 1 aliphatic rings. The Morgan fingerprint density at radius 1 is 1.16 bits per heavy atom. The summed E-state index contributed by atoms with van der Waals surface area (Å²) in [5, 5.41) is 7.65. The number of fused-ring (bicyclic) bond motifs is 1. The van der Waals surface area contributed by atoms with Crippen molar-refractivity contribution in [3.8, 4) is 16.3 Å². The van der Waals surface area contributed by atoms with Crippen molar-refractivity contribution in [1.82, 2.24) is 4.98 Å². The molecule has 25 heavy (non-hydrogen) atoms. The highest BCUT2D eigenvalue weighted by Gasteiger charge is 2.23. The Kier molecular flexibility index (Phi) is 4.05. The number of halogens is 1. The third kappa shape index (κ3) is 3.05. The Bertz CT molecular complexity index is 908. The van der Waals surface area contributed by atoms with Crippen LogP contribution in [-0.2, 0) is 6.42 Å². The number of nitrogens with zero attached hydrogens (tertiary/aromatic N) is 1. The largest absolute Gasteiger partial charge is 0.494 e. The quantitative estimate of drug-likeness (QED) is 0.710. The lowest BCUT2D eigenvalue weighted by Crippen LogP contribution is -2.16. The van der Waals surface area contributed by atoms with Crippen LogP contribution in [0.5, 0.6) is 5.75 Å². The van der Waals surface area contributed by atoms with Crippen LogP contribution in [-0.4, -0.2) is 18.3 Å². The van der Waals surface area contributed by atoms with E-state index >= 15 is 0 Å². The Labute approximate surface area is 149 Å². The van der Waals surface area contributed by atoms with Crippen LogP contribution in [0.2, 0.25) is 0 Å². The Hall–Kier alpha value is -2.60. The van der Waals surface area contributed by atoms with Gasteiger partial charge in [0.15, 0.2) is 5.75 Å². The highest BCUT2D eigenvalue weighted by atomic mass is 32.1. The molecule has 1 atom stereocenters. The molecule has 4 rings (SSSR count). The van der Waals surface area contributed by atoms with E-state index in [1.165, 1.54) is 12.1 Å². The molecule has 1 aromatic heterocycles. The number of benzene rings is 2. The van der Waals surface area contributed by atoms with E-state index in [1.807, 2.05) is 30.5 Å². The zero-order chi connectivity index (χ0) is 17.4. The molecule has 1 aliphatic heterocycles. The second-order valence-electron chi connectivity index (χ2n) is 6.01. The van der Waals surface area contributed by atoms with Crippen molar-refractivity contribution in [2.75, 3.05) is 17.7 Å². The number of rotatable bonds is 4. The van der Waals surface area contributed by atoms with Crippen LogP contribution < -0.4 is 15.4 Å². The summed E-state index contributed by atoms with van der Waals surface area (Å²) in [4.78, 5) is 5.70. The maximum atomic E-state index is 13.0. The van der Waals surface area contributed by atoms with Crippen LogP contribution in [0.3, 0.4) is 0 Å². The van der Waals surface area contributed by atoms with Crippen molar-refractivity contribution < 1.29 is 9.13 Å². The zero-order valence-electron chi connectivity index (χ0n) is 14.0. The summed E-state index contributed by atoms with van der Waals surface area (Å²) in [6.45, 7) is 2.06. The van der Waals surface area contributed by atoms with E-state index in [2.05, 4.69) is 22.5 Å². The Balaban J connectivity index is 1.64. The molecular formula is C19H18FN3OS. The smallest absolute Gasteiger partial charge is 0.154 e. The molecule has 0 radical (unpaired) electrons. The van der Waals surface area contributed by atoms with E-state index in [9.17, 15) is 4.39 Å². The van der Waals surface area contributed by atoms with Crippen molar-refractivity contribution in [1.29, 1.82) is 0 Å². The fourth-order valence-corrected chi connectivity index (χ4v) is 4.00. The average Bonchev–Trinajstić information content (AvgIpc) is 3.21. The van der Waals surface area contributed by atoms with E-state index in [-0.39, 0.29) is 12.0 Å². The van der Waals surface area contributed by atoms with E-state index in [0.717, 1.165) is 44.6 Å². The van der Waals surface area contributed by atoms with Gasteiger partial charge in [0.25, 0.3) is 0 Å². The minimum atomic E-state index is -0.216. The van der Waals surface area contributed by atoms with Crippen LogP contribution >= 0.6 is 11.3 Å². The van der Waals surface area contributed by atoms with Gasteiger partial charge in [-0.2, -0.15) is 0 Å². The fourth-order valence-electron chi connectivity index (χ4n) is 3.03. The molecule has 3 aromatic rings. The lowest BCUT2D eigenvalue weighted by atomic mass is 10.1. The summed E-state index contributed by atoms with van der Waals surface area (Å²) < 4.78 is 18.7.